The lowest BCUT2D eigenvalue weighted by Crippen LogP contribution is -2.34. The normalized spacial score (nSPS) is 14.8. The second kappa shape index (κ2) is 2.96. The summed E-state index contributed by atoms with van der Waals surface area (Å²) in [6, 6.07) is 0. The summed E-state index contributed by atoms with van der Waals surface area (Å²) in [6.07, 6.45) is 0. The fourth-order valence-corrected chi connectivity index (χ4v) is 1.97. The Hall–Kier alpha value is -0.150. The monoisotopic (exact) mass is 228 g/mol. The summed E-state index contributed by atoms with van der Waals surface area (Å²) >= 11 is 0. The summed E-state index contributed by atoms with van der Waals surface area (Å²) in [4.78, 5) is 16.1. The van der Waals surface area contributed by atoms with E-state index in [9.17, 15) is 21.6 Å². The maximum absolute atomic E-state index is 11.4. The highest BCUT2D eigenvalue weighted by molar-refractivity contribution is 7.95. The molecule has 0 aromatic heterocycles. The third-order valence-electron chi connectivity index (χ3n) is 0.552. The third kappa shape index (κ3) is 3.50. The fraction of sp³-hybridized carbons (Fsp3) is 1.00. The van der Waals surface area contributed by atoms with Gasteiger partial charge in [-0.3, -0.25) is 5.16 Å². The number of hydrogen-bond acceptors (Lipinski definition) is 3. The van der Waals surface area contributed by atoms with Gasteiger partial charge < -0.3 is 9.79 Å². The topological polar surface area (TPSA) is 110 Å². The van der Waals surface area contributed by atoms with Gasteiger partial charge in [-0.05, 0) is 0 Å². The van der Waals surface area contributed by atoms with Gasteiger partial charge in [-0.25, -0.2) is 8.42 Å². The fourth-order valence-electron chi connectivity index (χ4n) is 0.219. The lowest BCUT2D eigenvalue weighted by Gasteiger charge is -2.11. The molecule has 0 unspecified atom stereocenters. The van der Waals surface area contributed by atoms with Crippen molar-refractivity contribution in [1.29, 1.82) is 5.16 Å². The van der Waals surface area contributed by atoms with Crippen molar-refractivity contribution in [3.05, 3.63) is 0 Å². The molecule has 0 heterocycles. The predicted octanol–water partition coefficient (Wildman–Crippen LogP) is -0.0648. The van der Waals surface area contributed by atoms with E-state index >= 15 is 0 Å². The Kier molecular flexibility index (Phi) is 2.93. The van der Waals surface area contributed by atoms with E-state index in [1.165, 1.54) is 0 Å². The highest BCUT2D eigenvalue weighted by Crippen LogP contribution is 2.35. The number of sulfonamides is 1. The first-order valence-electron chi connectivity index (χ1n) is 2.16. The number of rotatable bonds is 2. The van der Waals surface area contributed by atoms with E-state index in [4.69, 9.17) is 14.9 Å². The van der Waals surface area contributed by atoms with Crippen LogP contribution in [-0.2, 0) is 10.0 Å². The van der Waals surface area contributed by atoms with Gasteiger partial charge in [0.25, 0.3) is 7.66 Å². The van der Waals surface area contributed by atoms with Crippen LogP contribution in [0.25, 0.3) is 0 Å². The Balaban J connectivity index is 4.83. The summed E-state index contributed by atoms with van der Waals surface area (Å²) in [7, 11) is -10.8. The maximum atomic E-state index is 11.4. The van der Waals surface area contributed by atoms with Crippen molar-refractivity contribution in [2.45, 2.75) is 5.51 Å². The molecule has 4 N–H and O–H groups in total. The molecule has 11 heteroatoms. The zero-order valence-electron chi connectivity index (χ0n) is 5.20. The molecule has 0 bridgehead atoms. The molecule has 0 aliphatic rings. The Morgan fingerprint density at radius 2 is 1.67 bits per heavy atom. The van der Waals surface area contributed by atoms with Gasteiger partial charge in [-0.1, -0.05) is 0 Å². The largest absolute Gasteiger partial charge is 0.511 e. The second-order valence-electron chi connectivity index (χ2n) is 1.64. The Morgan fingerprint density at radius 1 is 1.33 bits per heavy atom. The van der Waals surface area contributed by atoms with E-state index in [1.807, 2.05) is 0 Å². The van der Waals surface area contributed by atoms with Gasteiger partial charge in [-0.2, -0.15) is 13.2 Å². The number of alkyl halides is 3. The summed E-state index contributed by atoms with van der Waals surface area (Å²) in [5.74, 6) is 0. The molecule has 12 heavy (non-hydrogen) atoms. The first kappa shape index (κ1) is 11.8. The number of nitrogens with one attached hydrogen (secondary N) is 2. The SMILES string of the molecule is N=P(O)(O)NS(=O)(=O)C(F)(F)F. The number of hydrogen-bond donors (Lipinski definition) is 4. The van der Waals surface area contributed by atoms with Gasteiger partial charge in [0.1, 0.15) is 0 Å². The van der Waals surface area contributed by atoms with Crippen molar-refractivity contribution in [3.8, 4) is 0 Å². The standard InChI is InChI=1S/CH4F3N2O4PS/c2-1(3,4)12(9,10)6-11(5,7)8/h(H4,5,6,7,8). The van der Waals surface area contributed by atoms with Crippen LogP contribution in [0.2, 0.25) is 0 Å². The van der Waals surface area contributed by atoms with Crippen LogP contribution in [0, 0.1) is 5.16 Å². The van der Waals surface area contributed by atoms with Crippen LogP contribution in [0.4, 0.5) is 13.2 Å². The van der Waals surface area contributed by atoms with Crippen molar-refractivity contribution in [2.24, 2.45) is 0 Å². The molecule has 0 spiro atoms. The maximum Gasteiger partial charge on any atom is 0.511 e. The van der Waals surface area contributed by atoms with Crippen molar-refractivity contribution < 1.29 is 31.4 Å². The van der Waals surface area contributed by atoms with Gasteiger partial charge in [0, 0.05) is 0 Å². The smallest absolute Gasteiger partial charge is 0.328 e. The molecule has 0 saturated heterocycles. The summed E-state index contributed by atoms with van der Waals surface area (Å²) in [5.41, 5.74) is -5.65. The van der Waals surface area contributed by atoms with Gasteiger partial charge in [0.15, 0.2) is 0 Å². The first-order chi connectivity index (χ1) is 4.96. The van der Waals surface area contributed by atoms with E-state index in [-0.39, 0.29) is 0 Å². The molecular formula is CH4F3N2O4PS. The van der Waals surface area contributed by atoms with Gasteiger partial charge in [0.2, 0.25) is 0 Å². The van der Waals surface area contributed by atoms with Gasteiger partial charge in [-0.15, -0.1) is 4.49 Å². The van der Waals surface area contributed by atoms with Crippen LogP contribution in [0.15, 0.2) is 0 Å². The summed E-state index contributed by atoms with van der Waals surface area (Å²) in [6.45, 7) is 0. The molecule has 0 aromatic rings. The van der Waals surface area contributed by atoms with Crippen LogP contribution in [0.5, 0.6) is 0 Å². The minimum Gasteiger partial charge on any atom is -0.328 e. The van der Waals surface area contributed by atoms with Crippen molar-refractivity contribution in [2.75, 3.05) is 0 Å². The summed E-state index contributed by atoms with van der Waals surface area (Å²) < 4.78 is 54.7. The third-order valence-corrected chi connectivity index (χ3v) is 3.14. The zero-order chi connectivity index (χ0) is 10.2. The average Bonchev–Trinajstić information content (AvgIpc) is 1.52. The highest BCUT2D eigenvalue weighted by Gasteiger charge is 2.47. The molecule has 0 atom stereocenters. The van der Waals surface area contributed by atoms with Crippen LogP contribution < -0.4 is 4.49 Å². The van der Waals surface area contributed by atoms with E-state index in [1.54, 1.807) is 0 Å². The van der Waals surface area contributed by atoms with Crippen molar-refractivity contribution in [3.63, 3.8) is 0 Å². The number of halogens is 3. The van der Waals surface area contributed by atoms with E-state index in [0.717, 1.165) is 0 Å². The van der Waals surface area contributed by atoms with Crippen LogP contribution in [0.3, 0.4) is 0 Å². The zero-order valence-corrected chi connectivity index (χ0v) is 6.91. The van der Waals surface area contributed by atoms with Crippen molar-refractivity contribution >= 4 is 17.7 Å². The average molecular weight is 228 g/mol. The van der Waals surface area contributed by atoms with E-state index < -0.39 is 23.2 Å². The van der Waals surface area contributed by atoms with E-state index in [0.29, 0.717) is 4.49 Å². The Morgan fingerprint density at radius 3 is 1.75 bits per heavy atom. The lowest BCUT2D eigenvalue weighted by molar-refractivity contribution is -0.0442. The molecule has 0 fully saturated rings. The lowest BCUT2D eigenvalue weighted by atomic mass is 11.6. The van der Waals surface area contributed by atoms with Crippen LogP contribution >= 0.6 is 7.66 Å². The first-order valence-corrected chi connectivity index (χ1v) is 5.33. The van der Waals surface area contributed by atoms with Crippen LogP contribution in [0.1, 0.15) is 0 Å². The van der Waals surface area contributed by atoms with Gasteiger partial charge >= 0.3 is 15.5 Å². The minimum atomic E-state index is -5.84. The van der Waals surface area contributed by atoms with Crippen LogP contribution in [-0.4, -0.2) is 23.7 Å². The minimum absolute atomic E-state index is 0.372. The summed E-state index contributed by atoms with van der Waals surface area (Å²) in [5, 5.41) is 6.10. The molecule has 0 rings (SSSR count). The molecule has 0 radical (unpaired) electrons. The Labute approximate surface area is 65.1 Å². The highest BCUT2D eigenvalue weighted by atomic mass is 32.2. The van der Waals surface area contributed by atoms with Gasteiger partial charge in [0.05, 0.1) is 0 Å². The molecule has 0 amide bonds. The molecule has 74 valence electrons. The van der Waals surface area contributed by atoms with Crippen molar-refractivity contribution in [1.82, 2.24) is 4.49 Å². The quantitative estimate of drug-likeness (QED) is 0.496. The van der Waals surface area contributed by atoms with E-state index in [2.05, 4.69) is 0 Å². The second-order valence-corrected chi connectivity index (χ2v) is 5.04. The molecular weight excluding hydrogens is 224 g/mol. The molecule has 0 aliphatic heterocycles. The molecule has 0 aliphatic carbocycles. The molecule has 6 nitrogen and oxygen atoms in total. The Bertz CT molecular complexity index is 301. The molecule has 0 aromatic carbocycles. The molecule has 0 saturated carbocycles. The predicted molar refractivity (Wildman–Crippen MR) is 32.2 cm³/mol.